The first-order chi connectivity index (χ1) is 9.54. The second-order valence-corrected chi connectivity index (χ2v) is 5.09. The molecule has 0 aliphatic rings. The monoisotopic (exact) mass is 288 g/mol. The summed E-state index contributed by atoms with van der Waals surface area (Å²) >= 11 is 6.14. The summed E-state index contributed by atoms with van der Waals surface area (Å²) in [5.41, 5.74) is 2.09. The molecule has 1 aromatic carbocycles. The second kappa shape index (κ2) is 4.68. The Bertz CT molecular complexity index is 782. The van der Waals surface area contributed by atoms with Gasteiger partial charge in [-0.05, 0) is 30.3 Å². The number of pyridine rings is 1. The Balaban J connectivity index is 2.15. The molecule has 0 fully saturated rings. The van der Waals surface area contributed by atoms with Crippen LogP contribution in [0.25, 0.3) is 22.6 Å². The predicted octanol–water partition coefficient (Wildman–Crippen LogP) is 3.05. The Morgan fingerprint density at radius 1 is 1.15 bits per heavy atom. The maximum Gasteiger partial charge on any atom is 0.180 e. The highest BCUT2D eigenvalue weighted by Crippen LogP contribution is 2.30. The molecule has 20 heavy (non-hydrogen) atoms. The number of H-pyrrole nitrogens is 1. The van der Waals surface area contributed by atoms with Crippen LogP contribution < -0.4 is 4.90 Å². The molecule has 0 saturated heterocycles. The zero-order chi connectivity index (χ0) is 14.3. The van der Waals surface area contributed by atoms with Gasteiger partial charge in [0.2, 0.25) is 0 Å². The Hall–Kier alpha value is -2.27. The van der Waals surface area contributed by atoms with E-state index in [1.807, 2.05) is 31.1 Å². The molecule has 0 radical (unpaired) electrons. The van der Waals surface area contributed by atoms with Crippen molar-refractivity contribution in [3.05, 3.63) is 35.4 Å². The molecule has 102 valence electrons. The fourth-order valence-corrected chi connectivity index (χ4v) is 2.16. The van der Waals surface area contributed by atoms with Crippen molar-refractivity contribution >= 4 is 28.6 Å². The number of nitrogens with zero attached hydrogens (tertiary/aromatic N) is 3. The molecule has 3 aromatic rings. The highest BCUT2D eigenvalue weighted by molar-refractivity contribution is 6.33. The van der Waals surface area contributed by atoms with Gasteiger partial charge in [0, 0.05) is 19.7 Å². The minimum Gasteiger partial charge on any atom is -0.508 e. The van der Waals surface area contributed by atoms with Crippen LogP contribution in [-0.2, 0) is 0 Å². The lowest BCUT2D eigenvalue weighted by atomic mass is 10.2. The normalized spacial score (nSPS) is 10.9. The molecule has 3 rings (SSSR count). The number of nitrogens with one attached hydrogen (secondary N) is 1. The number of aromatic hydroxyl groups is 1. The highest BCUT2D eigenvalue weighted by Gasteiger charge is 2.11. The zero-order valence-electron chi connectivity index (χ0n) is 11.1. The maximum absolute atomic E-state index is 9.57. The van der Waals surface area contributed by atoms with Crippen LogP contribution >= 0.6 is 11.6 Å². The van der Waals surface area contributed by atoms with Crippen LogP contribution in [0, 0.1) is 0 Å². The van der Waals surface area contributed by atoms with Gasteiger partial charge >= 0.3 is 0 Å². The summed E-state index contributed by atoms with van der Waals surface area (Å²) in [7, 11) is 3.85. The number of hydrogen-bond donors (Lipinski definition) is 2. The lowest BCUT2D eigenvalue weighted by molar-refractivity contribution is 0.475. The van der Waals surface area contributed by atoms with E-state index >= 15 is 0 Å². The summed E-state index contributed by atoms with van der Waals surface area (Å²) in [6.07, 6.45) is 0. The first-order valence-corrected chi connectivity index (χ1v) is 6.45. The van der Waals surface area contributed by atoms with E-state index in [-0.39, 0.29) is 5.75 Å². The number of phenolic OH excluding ortho intramolecular Hbond substituents is 1. The molecule has 0 unspecified atom stereocenters. The molecule has 0 aliphatic carbocycles. The lowest BCUT2D eigenvalue weighted by Gasteiger charge is -2.09. The van der Waals surface area contributed by atoms with Gasteiger partial charge in [-0.25, -0.2) is 9.97 Å². The van der Waals surface area contributed by atoms with Crippen LogP contribution in [0.3, 0.4) is 0 Å². The molecule has 0 amide bonds. The maximum atomic E-state index is 9.57. The number of imidazole rings is 1. The van der Waals surface area contributed by atoms with Crippen LogP contribution in [0.5, 0.6) is 5.75 Å². The molecule has 6 heteroatoms. The van der Waals surface area contributed by atoms with Crippen LogP contribution in [0.4, 0.5) is 5.82 Å². The molecular formula is C14H13ClN4O. The van der Waals surface area contributed by atoms with Crippen molar-refractivity contribution in [1.29, 1.82) is 0 Å². The summed E-state index contributed by atoms with van der Waals surface area (Å²) < 4.78 is 0. The fraction of sp³-hybridized carbons (Fsp3) is 0.143. The van der Waals surface area contributed by atoms with Gasteiger partial charge in [-0.15, -0.1) is 0 Å². The Morgan fingerprint density at radius 2 is 1.95 bits per heavy atom. The topological polar surface area (TPSA) is 65.0 Å². The van der Waals surface area contributed by atoms with E-state index in [0.29, 0.717) is 22.1 Å². The van der Waals surface area contributed by atoms with Gasteiger partial charge < -0.3 is 15.0 Å². The largest absolute Gasteiger partial charge is 0.508 e. The van der Waals surface area contributed by atoms with Crippen LogP contribution in [0.2, 0.25) is 5.02 Å². The molecule has 2 N–H and O–H groups in total. The van der Waals surface area contributed by atoms with E-state index in [1.54, 1.807) is 12.1 Å². The molecule has 0 saturated carbocycles. The number of halogens is 1. The van der Waals surface area contributed by atoms with Crippen molar-refractivity contribution < 1.29 is 5.11 Å². The summed E-state index contributed by atoms with van der Waals surface area (Å²) in [5.74, 6) is 1.56. The minimum absolute atomic E-state index is 0.145. The first-order valence-electron chi connectivity index (χ1n) is 6.07. The number of fused-ring (bicyclic) bond motifs is 1. The van der Waals surface area contributed by atoms with Gasteiger partial charge in [0.1, 0.15) is 17.4 Å². The van der Waals surface area contributed by atoms with Gasteiger partial charge in [0.05, 0.1) is 10.5 Å². The molecule has 2 heterocycles. The summed E-state index contributed by atoms with van der Waals surface area (Å²) in [6, 6.07) is 8.58. The van der Waals surface area contributed by atoms with Gasteiger partial charge in [0.25, 0.3) is 0 Å². The number of benzene rings is 1. The summed E-state index contributed by atoms with van der Waals surface area (Å²) in [4.78, 5) is 14.0. The Labute approximate surface area is 120 Å². The van der Waals surface area contributed by atoms with Gasteiger partial charge in [-0.2, -0.15) is 0 Å². The van der Waals surface area contributed by atoms with E-state index < -0.39 is 0 Å². The molecule has 2 aromatic heterocycles. The quantitative estimate of drug-likeness (QED) is 0.761. The van der Waals surface area contributed by atoms with Crippen LogP contribution in [0.1, 0.15) is 0 Å². The van der Waals surface area contributed by atoms with Crippen molar-refractivity contribution in [2.75, 3.05) is 19.0 Å². The number of rotatable bonds is 2. The first kappa shape index (κ1) is 12.7. The van der Waals surface area contributed by atoms with E-state index in [4.69, 9.17) is 11.6 Å². The third-order valence-electron chi connectivity index (χ3n) is 2.99. The van der Waals surface area contributed by atoms with Crippen LogP contribution in [-0.4, -0.2) is 34.2 Å². The zero-order valence-corrected chi connectivity index (χ0v) is 11.8. The van der Waals surface area contributed by atoms with Crippen molar-refractivity contribution in [3.8, 4) is 17.1 Å². The number of hydrogen-bond acceptors (Lipinski definition) is 4. The van der Waals surface area contributed by atoms with E-state index in [9.17, 15) is 5.11 Å². The fourth-order valence-electron chi connectivity index (χ4n) is 1.95. The van der Waals surface area contributed by atoms with Crippen molar-refractivity contribution in [2.45, 2.75) is 0 Å². The Morgan fingerprint density at radius 3 is 2.70 bits per heavy atom. The molecule has 0 spiro atoms. The third-order valence-corrected chi connectivity index (χ3v) is 3.32. The summed E-state index contributed by atoms with van der Waals surface area (Å²) in [5, 5.41) is 10.1. The minimum atomic E-state index is 0.145. The van der Waals surface area contributed by atoms with E-state index in [2.05, 4.69) is 15.0 Å². The average Bonchev–Trinajstić information content (AvgIpc) is 2.83. The van der Waals surface area contributed by atoms with Crippen molar-refractivity contribution in [1.82, 2.24) is 15.0 Å². The third kappa shape index (κ3) is 2.16. The molecule has 5 nitrogen and oxygen atoms in total. The molecule has 0 aliphatic heterocycles. The van der Waals surface area contributed by atoms with Gasteiger partial charge in [-0.1, -0.05) is 11.6 Å². The molecule has 0 bridgehead atoms. The number of aromatic nitrogens is 3. The number of aromatic amines is 1. The lowest BCUT2D eigenvalue weighted by Crippen LogP contribution is -2.10. The SMILES string of the molecule is CN(C)c1ccc2[nH]c(-c3cc(O)ccc3Cl)nc2n1. The Kier molecular flexibility index (Phi) is 2.99. The predicted molar refractivity (Wildman–Crippen MR) is 80.3 cm³/mol. The van der Waals surface area contributed by atoms with Crippen LogP contribution in [0.15, 0.2) is 30.3 Å². The molecule has 0 atom stereocenters. The number of phenols is 1. The van der Waals surface area contributed by atoms with Crippen molar-refractivity contribution in [3.63, 3.8) is 0 Å². The molecular weight excluding hydrogens is 276 g/mol. The van der Waals surface area contributed by atoms with E-state index in [1.165, 1.54) is 6.07 Å². The standard InChI is InChI=1S/C14H13ClN4O/c1-19(2)12-6-5-11-14(17-12)18-13(16-11)9-7-8(20)3-4-10(9)15/h3-7,20H,1-2H3,(H,16,17,18). The van der Waals surface area contributed by atoms with E-state index in [0.717, 1.165) is 11.3 Å². The smallest absolute Gasteiger partial charge is 0.180 e. The average molecular weight is 289 g/mol. The summed E-state index contributed by atoms with van der Waals surface area (Å²) in [6.45, 7) is 0. The second-order valence-electron chi connectivity index (χ2n) is 4.68. The highest BCUT2D eigenvalue weighted by atomic mass is 35.5. The van der Waals surface area contributed by atoms with Gasteiger partial charge in [-0.3, -0.25) is 0 Å². The van der Waals surface area contributed by atoms with Gasteiger partial charge in [0.15, 0.2) is 5.65 Å². The van der Waals surface area contributed by atoms with Crippen molar-refractivity contribution in [2.24, 2.45) is 0 Å². The number of anilines is 1.